The van der Waals surface area contributed by atoms with Gasteiger partial charge in [0.05, 0.1) is 12.5 Å². The molecule has 2 heterocycles. The van der Waals surface area contributed by atoms with Crippen LogP contribution in [-0.2, 0) is 22.7 Å². The number of carbonyl (C=O) groups excluding carboxylic acids is 1. The highest BCUT2D eigenvalue weighted by atomic mass is 35.5. The third-order valence-corrected chi connectivity index (χ3v) is 5.38. The van der Waals surface area contributed by atoms with Gasteiger partial charge in [0.1, 0.15) is 5.75 Å². The lowest BCUT2D eigenvalue weighted by atomic mass is 9.85. The Balaban J connectivity index is 1.74. The molecule has 6 heteroatoms. The lowest BCUT2D eigenvalue weighted by molar-refractivity contribution is -0.119. The van der Waals surface area contributed by atoms with Gasteiger partial charge in [-0.25, -0.2) is 0 Å². The predicted molar refractivity (Wildman–Crippen MR) is 100 cm³/mol. The average molecular weight is 373 g/mol. The van der Waals surface area contributed by atoms with E-state index in [0.29, 0.717) is 24.6 Å². The highest BCUT2D eigenvalue weighted by molar-refractivity contribution is 6.30. The zero-order valence-corrected chi connectivity index (χ0v) is 15.3. The molecule has 1 amide bonds. The van der Waals surface area contributed by atoms with Gasteiger partial charge in [0.15, 0.2) is 6.79 Å². The van der Waals surface area contributed by atoms with Gasteiger partial charge in [-0.3, -0.25) is 4.79 Å². The maximum Gasteiger partial charge on any atom is 0.225 e. The first-order valence-electron chi connectivity index (χ1n) is 8.71. The third kappa shape index (κ3) is 3.02. The molecule has 4 rings (SSSR count). The van der Waals surface area contributed by atoms with E-state index >= 15 is 0 Å². The van der Waals surface area contributed by atoms with Crippen LogP contribution in [0.1, 0.15) is 36.0 Å². The highest BCUT2D eigenvalue weighted by Crippen LogP contribution is 2.41. The highest BCUT2D eigenvalue weighted by Gasteiger charge is 2.33. The van der Waals surface area contributed by atoms with E-state index in [4.69, 9.17) is 26.8 Å². The number of hydrogen-bond donors (Lipinski definition) is 1. The number of nitrogens with two attached hydrogens (primary N) is 1. The minimum Gasteiger partial charge on any atom is -0.467 e. The molecule has 0 fully saturated rings. The number of hydrogen-bond acceptors (Lipinski definition) is 4. The van der Waals surface area contributed by atoms with Crippen molar-refractivity contribution in [2.24, 2.45) is 5.73 Å². The molecule has 5 nitrogen and oxygen atoms in total. The Morgan fingerprint density at radius 3 is 2.96 bits per heavy atom. The summed E-state index contributed by atoms with van der Waals surface area (Å²) in [6, 6.07) is 12.0. The first kappa shape index (κ1) is 17.2. The maximum atomic E-state index is 11.9. The fourth-order valence-electron chi connectivity index (χ4n) is 3.94. The number of halogens is 1. The second-order valence-electron chi connectivity index (χ2n) is 6.89. The van der Waals surface area contributed by atoms with Crippen molar-refractivity contribution >= 4 is 23.2 Å². The second-order valence-corrected chi connectivity index (χ2v) is 7.33. The van der Waals surface area contributed by atoms with E-state index in [1.54, 1.807) is 0 Å². The van der Waals surface area contributed by atoms with Gasteiger partial charge in [-0.05, 0) is 37.1 Å². The van der Waals surface area contributed by atoms with Crippen LogP contribution in [0, 0.1) is 0 Å². The van der Waals surface area contributed by atoms with Crippen molar-refractivity contribution < 1.29 is 14.3 Å². The van der Waals surface area contributed by atoms with Crippen LogP contribution in [0.2, 0.25) is 5.02 Å². The van der Waals surface area contributed by atoms with E-state index in [1.165, 1.54) is 0 Å². The second kappa shape index (κ2) is 6.82. The Morgan fingerprint density at radius 2 is 2.15 bits per heavy atom. The van der Waals surface area contributed by atoms with Gasteiger partial charge in [-0.2, -0.15) is 0 Å². The summed E-state index contributed by atoms with van der Waals surface area (Å²) in [5.41, 5.74) is 9.65. The fourth-order valence-corrected chi connectivity index (χ4v) is 4.21. The molecule has 0 aromatic heterocycles. The number of amides is 1. The average Bonchev–Trinajstić information content (AvgIpc) is 2.63. The summed E-state index contributed by atoms with van der Waals surface area (Å²) in [6.45, 7) is 3.51. The maximum absolute atomic E-state index is 11.9. The van der Waals surface area contributed by atoms with Crippen molar-refractivity contribution in [3.63, 3.8) is 0 Å². The van der Waals surface area contributed by atoms with Crippen LogP contribution in [0.4, 0.5) is 5.69 Å². The van der Waals surface area contributed by atoms with Crippen LogP contribution in [0.25, 0.3) is 0 Å². The van der Waals surface area contributed by atoms with Crippen molar-refractivity contribution in [2.75, 3.05) is 11.7 Å². The van der Waals surface area contributed by atoms with Crippen molar-refractivity contribution in [3.8, 4) is 5.75 Å². The molecule has 2 aromatic carbocycles. The van der Waals surface area contributed by atoms with E-state index in [2.05, 4.69) is 11.8 Å². The molecule has 0 radical (unpaired) electrons. The van der Waals surface area contributed by atoms with Gasteiger partial charge in [0, 0.05) is 34.4 Å². The summed E-state index contributed by atoms with van der Waals surface area (Å²) in [7, 11) is 0. The number of para-hydroxylation sites is 1. The summed E-state index contributed by atoms with van der Waals surface area (Å²) in [4.78, 5) is 14.2. The van der Waals surface area contributed by atoms with Crippen LogP contribution in [0.3, 0.4) is 0 Å². The molecule has 2 atom stereocenters. The van der Waals surface area contributed by atoms with Gasteiger partial charge < -0.3 is 20.1 Å². The summed E-state index contributed by atoms with van der Waals surface area (Å²) in [5.74, 6) is 0.322. The molecule has 0 saturated heterocycles. The molecule has 2 N–H and O–H groups in total. The van der Waals surface area contributed by atoms with E-state index in [-0.39, 0.29) is 24.7 Å². The molecule has 0 aliphatic carbocycles. The number of rotatable bonds is 3. The van der Waals surface area contributed by atoms with E-state index < -0.39 is 0 Å². The van der Waals surface area contributed by atoms with Crippen molar-refractivity contribution in [1.29, 1.82) is 0 Å². The zero-order valence-electron chi connectivity index (χ0n) is 14.6. The van der Waals surface area contributed by atoms with Gasteiger partial charge >= 0.3 is 0 Å². The first-order valence-corrected chi connectivity index (χ1v) is 9.09. The molecule has 0 saturated carbocycles. The number of fused-ring (bicyclic) bond motifs is 2. The van der Waals surface area contributed by atoms with Crippen LogP contribution in [-0.4, -0.2) is 18.7 Å². The topological polar surface area (TPSA) is 64.8 Å². The monoisotopic (exact) mass is 372 g/mol. The van der Waals surface area contributed by atoms with E-state index in [0.717, 1.165) is 28.1 Å². The van der Waals surface area contributed by atoms with Crippen molar-refractivity contribution in [3.05, 3.63) is 58.1 Å². The van der Waals surface area contributed by atoms with Gasteiger partial charge in [-0.15, -0.1) is 0 Å². The Hall–Kier alpha value is -2.24. The Bertz CT molecular complexity index is 855. The molecule has 0 unspecified atom stereocenters. The molecule has 0 spiro atoms. The van der Waals surface area contributed by atoms with Gasteiger partial charge in [0.25, 0.3) is 0 Å². The van der Waals surface area contributed by atoms with Gasteiger partial charge in [-0.1, -0.05) is 29.8 Å². The summed E-state index contributed by atoms with van der Waals surface area (Å²) in [6.07, 6.45) is 0.694. The SMILES string of the molecule is C[C@@H]1C[C@@H](C(N)=O)c2ccccc2N1Cc1cc(Cl)cc2c1OCOC2. The predicted octanol–water partition coefficient (Wildman–Crippen LogP) is 3.57. The van der Waals surface area contributed by atoms with Crippen LogP contribution in [0.15, 0.2) is 36.4 Å². The summed E-state index contributed by atoms with van der Waals surface area (Å²) < 4.78 is 11.1. The van der Waals surface area contributed by atoms with Crippen molar-refractivity contribution in [1.82, 2.24) is 0 Å². The normalized spacial score (nSPS) is 21.5. The quantitative estimate of drug-likeness (QED) is 0.894. The largest absolute Gasteiger partial charge is 0.467 e. The number of ether oxygens (including phenoxy) is 2. The molecular weight excluding hydrogens is 352 g/mol. The first-order chi connectivity index (χ1) is 12.5. The lowest BCUT2D eigenvalue weighted by Crippen LogP contribution is -2.41. The van der Waals surface area contributed by atoms with E-state index in [1.807, 2.05) is 36.4 Å². The number of anilines is 1. The standard InChI is InChI=1S/C20H21ClN2O3/c1-12-6-17(20(22)24)16-4-2-3-5-18(16)23(12)9-13-7-15(21)8-14-10-25-11-26-19(13)14/h2-5,7-8,12,17H,6,9-11H2,1H3,(H2,22,24)/t12-,17-/m1/s1. The molecule has 0 bridgehead atoms. The Kier molecular flexibility index (Phi) is 4.51. The molecule has 2 aliphatic heterocycles. The minimum atomic E-state index is -0.274. The molecule has 26 heavy (non-hydrogen) atoms. The fraction of sp³-hybridized carbons (Fsp3) is 0.350. The lowest BCUT2D eigenvalue weighted by Gasteiger charge is -2.40. The molecule has 136 valence electrons. The van der Waals surface area contributed by atoms with Gasteiger partial charge in [0.2, 0.25) is 5.91 Å². The molecule has 2 aromatic rings. The van der Waals surface area contributed by atoms with Crippen molar-refractivity contribution in [2.45, 2.75) is 38.5 Å². The smallest absolute Gasteiger partial charge is 0.225 e. The Labute approximate surface area is 157 Å². The van der Waals surface area contributed by atoms with Crippen LogP contribution < -0.4 is 15.4 Å². The molecular formula is C20H21ClN2O3. The van der Waals surface area contributed by atoms with E-state index in [9.17, 15) is 4.79 Å². The van der Waals surface area contributed by atoms with Crippen LogP contribution >= 0.6 is 11.6 Å². The summed E-state index contributed by atoms with van der Waals surface area (Å²) >= 11 is 6.31. The minimum absolute atomic E-state index is 0.164. The number of benzene rings is 2. The zero-order chi connectivity index (χ0) is 18.3. The number of primary amides is 1. The number of nitrogens with zero attached hydrogens (tertiary/aromatic N) is 1. The molecule has 2 aliphatic rings. The van der Waals surface area contributed by atoms with Crippen LogP contribution in [0.5, 0.6) is 5.75 Å². The Morgan fingerprint density at radius 1 is 1.35 bits per heavy atom. The third-order valence-electron chi connectivity index (χ3n) is 5.17. The summed E-state index contributed by atoms with van der Waals surface area (Å²) in [5, 5.41) is 0.667. The number of carbonyl (C=O) groups is 1.